The predicted octanol–water partition coefficient (Wildman–Crippen LogP) is 2.33. The molecule has 0 saturated carbocycles. The van der Waals surface area contributed by atoms with Crippen LogP contribution in [0, 0.1) is 12.7 Å². The Bertz CT molecular complexity index is 788. The highest BCUT2D eigenvalue weighted by Gasteiger charge is 2.34. The highest BCUT2D eigenvalue weighted by molar-refractivity contribution is 7.88. The maximum atomic E-state index is 13.8. The standard InChI is InChI=1S/C16H20FN3O2S/c1-13-18-8-10-19(13)11-15-6-4-9-20(15)23(21,22)12-14-5-2-3-7-16(14)17/h2-3,5,7-8,10,15H,4,6,9,11-12H2,1H3. The average Bonchev–Trinajstić information content (AvgIpc) is 3.12. The van der Waals surface area contributed by atoms with Gasteiger partial charge in [-0.1, -0.05) is 18.2 Å². The molecule has 0 aliphatic carbocycles. The molecule has 1 aromatic carbocycles. The van der Waals surface area contributed by atoms with E-state index < -0.39 is 15.8 Å². The maximum absolute atomic E-state index is 13.8. The van der Waals surface area contributed by atoms with Crippen molar-refractivity contribution in [2.24, 2.45) is 0 Å². The first-order chi connectivity index (χ1) is 11.0. The molecule has 0 amide bonds. The van der Waals surface area contributed by atoms with E-state index in [-0.39, 0.29) is 17.4 Å². The molecule has 124 valence electrons. The molecule has 0 N–H and O–H groups in total. The molecule has 0 bridgehead atoms. The van der Waals surface area contributed by atoms with Gasteiger partial charge in [0.05, 0.1) is 5.75 Å². The summed E-state index contributed by atoms with van der Waals surface area (Å²) in [4.78, 5) is 4.17. The smallest absolute Gasteiger partial charge is 0.218 e. The van der Waals surface area contributed by atoms with Crippen LogP contribution in [0.25, 0.3) is 0 Å². The summed E-state index contributed by atoms with van der Waals surface area (Å²) in [7, 11) is -3.54. The van der Waals surface area contributed by atoms with Gasteiger partial charge in [0.25, 0.3) is 0 Å². The molecule has 1 fully saturated rings. The van der Waals surface area contributed by atoms with Crippen LogP contribution in [0.5, 0.6) is 0 Å². The van der Waals surface area contributed by atoms with Crippen LogP contribution in [0.4, 0.5) is 4.39 Å². The molecule has 1 aliphatic rings. The first-order valence-electron chi connectivity index (χ1n) is 7.68. The summed E-state index contributed by atoms with van der Waals surface area (Å²) in [5.41, 5.74) is 0.219. The summed E-state index contributed by atoms with van der Waals surface area (Å²) >= 11 is 0. The molecule has 2 aromatic rings. The van der Waals surface area contributed by atoms with Gasteiger partial charge in [-0.25, -0.2) is 17.8 Å². The monoisotopic (exact) mass is 337 g/mol. The lowest BCUT2D eigenvalue weighted by molar-refractivity contribution is 0.349. The number of hydrogen-bond donors (Lipinski definition) is 0. The number of halogens is 1. The van der Waals surface area contributed by atoms with E-state index >= 15 is 0 Å². The molecule has 1 saturated heterocycles. The summed E-state index contributed by atoms with van der Waals surface area (Å²) in [6.07, 6.45) is 5.21. The van der Waals surface area contributed by atoms with Gasteiger partial charge >= 0.3 is 0 Å². The van der Waals surface area contributed by atoms with Crippen LogP contribution in [0.2, 0.25) is 0 Å². The van der Waals surface area contributed by atoms with Crippen molar-refractivity contribution in [1.29, 1.82) is 0 Å². The van der Waals surface area contributed by atoms with Gasteiger partial charge in [-0.05, 0) is 25.8 Å². The summed E-state index contributed by atoms with van der Waals surface area (Å²) in [6.45, 7) is 2.98. The van der Waals surface area contributed by atoms with E-state index in [0.717, 1.165) is 18.7 Å². The van der Waals surface area contributed by atoms with Gasteiger partial charge in [0.1, 0.15) is 11.6 Å². The lowest BCUT2D eigenvalue weighted by Gasteiger charge is -2.25. The number of nitrogens with zero attached hydrogens (tertiary/aromatic N) is 3. The number of imidazole rings is 1. The van der Waals surface area contributed by atoms with Gasteiger partial charge in [-0.15, -0.1) is 0 Å². The summed E-state index contributed by atoms with van der Waals surface area (Å²) in [5, 5.41) is 0. The highest BCUT2D eigenvalue weighted by Crippen LogP contribution is 2.25. The largest absolute Gasteiger partial charge is 0.334 e. The molecule has 23 heavy (non-hydrogen) atoms. The summed E-state index contributed by atoms with van der Waals surface area (Å²) in [5.74, 6) is 0.0969. The zero-order valence-corrected chi connectivity index (χ0v) is 13.8. The van der Waals surface area contributed by atoms with Gasteiger partial charge in [0.15, 0.2) is 0 Å². The first kappa shape index (κ1) is 16.1. The van der Waals surface area contributed by atoms with E-state index in [0.29, 0.717) is 13.1 Å². The first-order valence-corrected chi connectivity index (χ1v) is 9.29. The number of aromatic nitrogens is 2. The number of rotatable bonds is 5. The Hall–Kier alpha value is -1.73. The summed E-state index contributed by atoms with van der Waals surface area (Å²) < 4.78 is 42.7. The lowest BCUT2D eigenvalue weighted by atomic mass is 10.2. The zero-order valence-electron chi connectivity index (χ0n) is 13.0. The van der Waals surface area contributed by atoms with Crippen molar-refractivity contribution in [1.82, 2.24) is 13.9 Å². The third-order valence-corrected chi connectivity index (χ3v) is 6.18. The van der Waals surface area contributed by atoms with Crippen molar-refractivity contribution in [2.45, 2.75) is 38.1 Å². The second-order valence-corrected chi connectivity index (χ2v) is 7.80. The zero-order chi connectivity index (χ0) is 16.4. The fourth-order valence-corrected chi connectivity index (χ4v) is 4.90. The number of benzene rings is 1. The van der Waals surface area contributed by atoms with Crippen molar-refractivity contribution in [3.63, 3.8) is 0 Å². The second kappa shape index (κ2) is 6.41. The van der Waals surface area contributed by atoms with Crippen LogP contribution in [-0.2, 0) is 22.3 Å². The van der Waals surface area contributed by atoms with Crippen LogP contribution in [0.15, 0.2) is 36.7 Å². The van der Waals surface area contributed by atoms with Crippen LogP contribution < -0.4 is 0 Å². The predicted molar refractivity (Wildman–Crippen MR) is 85.7 cm³/mol. The van der Waals surface area contributed by atoms with Crippen LogP contribution in [0.3, 0.4) is 0 Å². The molecular formula is C16H20FN3O2S. The van der Waals surface area contributed by atoms with Crippen LogP contribution in [-0.4, -0.2) is 34.9 Å². The van der Waals surface area contributed by atoms with Gasteiger partial charge in [-0.2, -0.15) is 4.31 Å². The minimum Gasteiger partial charge on any atom is -0.334 e. The molecule has 1 atom stereocenters. The van der Waals surface area contributed by atoms with E-state index in [1.807, 2.05) is 17.7 Å². The Morgan fingerprint density at radius 2 is 2.13 bits per heavy atom. The molecule has 2 heterocycles. The number of sulfonamides is 1. The van der Waals surface area contributed by atoms with Gasteiger partial charge in [0.2, 0.25) is 10.0 Å². The van der Waals surface area contributed by atoms with Crippen molar-refractivity contribution in [3.8, 4) is 0 Å². The normalized spacial score (nSPS) is 19.3. The summed E-state index contributed by atoms with van der Waals surface area (Å²) in [6, 6.07) is 5.94. The van der Waals surface area contributed by atoms with Gasteiger partial charge < -0.3 is 4.57 Å². The molecule has 5 nitrogen and oxygen atoms in total. The third kappa shape index (κ3) is 3.45. The fourth-order valence-electron chi connectivity index (χ4n) is 3.08. The van der Waals surface area contributed by atoms with E-state index in [2.05, 4.69) is 4.98 Å². The molecular weight excluding hydrogens is 317 g/mol. The maximum Gasteiger partial charge on any atom is 0.218 e. The number of aryl methyl sites for hydroxylation is 1. The Balaban J connectivity index is 1.78. The van der Waals surface area contributed by atoms with Crippen molar-refractivity contribution >= 4 is 10.0 Å². The molecule has 1 aromatic heterocycles. The Kier molecular flexibility index (Phi) is 4.50. The van der Waals surface area contributed by atoms with E-state index in [9.17, 15) is 12.8 Å². The number of hydrogen-bond acceptors (Lipinski definition) is 3. The van der Waals surface area contributed by atoms with Crippen LogP contribution >= 0.6 is 0 Å². The fraction of sp³-hybridized carbons (Fsp3) is 0.438. The van der Waals surface area contributed by atoms with E-state index in [1.165, 1.54) is 16.4 Å². The van der Waals surface area contributed by atoms with Crippen molar-refractivity contribution < 1.29 is 12.8 Å². The molecule has 3 rings (SSSR count). The molecule has 7 heteroatoms. The minimum atomic E-state index is -3.54. The van der Waals surface area contributed by atoms with Crippen molar-refractivity contribution in [2.75, 3.05) is 6.54 Å². The molecule has 0 spiro atoms. The Morgan fingerprint density at radius 1 is 1.35 bits per heavy atom. The Labute approximate surface area is 135 Å². The SMILES string of the molecule is Cc1nccn1CC1CCCN1S(=O)(=O)Cc1ccccc1F. The molecule has 0 radical (unpaired) electrons. The molecule has 1 aliphatic heterocycles. The van der Waals surface area contributed by atoms with Gasteiger partial charge in [0, 0.05) is 37.1 Å². The quantitative estimate of drug-likeness (QED) is 0.841. The highest BCUT2D eigenvalue weighted by atomic mass is 32.2. The second-order valence-electron chi connectivity index (χ2n) is 5.88. The average molecular weight is 337 g/mol. The van der Waals surface area contributed by atoms with E-state index in [4.69, 9.17) is 0 Å². The topological polar surface area (TPSA) is 55.2 Å². The minimum absolute atomic E-state index is 0.0975. The lowest BCUT2D eigenvalue weighted by Crippen LogP contribution is -2.39. The third-order valence-electron chi connectivity index (χ3n) is 4.31. The van der Waals surface area contributed by atoms with Crippen LogP contribution in [0.1, 0.15) is 24.2 Å². The van der Waals surface area contributed by atoms with Gasteiger partial charge in [-0.3, -0.25) is 0 Å². The van der Waals surface area contributed by atoms with E-state index in [1.54, 1.807) is 18.3 Å². The van der Waals surface area contributed by atoms with Crippen molar-refractivity contribution in [3.05, 3.63) is 53.9 Å². The molecule has 1 unspecified atom stereocenters. The Morgan fingerprint density at radius 3 is 2.83 bits per heavy atom.